The molecular weight excluding hydrogens is 284 g/mol. The zero-order valence-electron chi connectivity index (χ0n) is 12.4. The monoisotopic (exact) mass is 302 g/mol. The molecule has 21 heavy (non-hydrogen) atoms. The Balaban J connectivity index is 2.32. The second kappa shape index (κ2) is 5.78. The molecule has 4 heteroatoms. The number of anilines is 2. The molecular formula is C17H19ClN2O. The van der Waals surface area contributed by atoms with Crippen LogP contribution < -0.4 is 11.1 Å². The van der Waals surface area contributed by atoms with Crippen molar-refractivity contribution in [3.8, 4) is 0 Å². The Labute approximate surface area is 130 Å². The highest BCUT2D eigenvalue weighted by molar-refractivity contribution is 6.34. The fourth-order valence-electron chi connectivity index (χ4n) is 2.15. The molecule has 2 rings (SSSR count). The quantitative estimate of drug-likeness (QED) is 0.804. The molecule has 2 aromatic carbocycles. The Morgan fingerprint density at radius 3 is 2.43 bits per heavy atom. The number of carbonyl (C=O) groups is 1. The summed E-state index contributed by atoms with van der Waals surface area (Å²) in [6, 6.07) is 12.6. The third-order valence-corrected chi connectivity index (χ3v) is 3.53. The molecule has 0 radical (unpaired) electrons. The van der Waals surface area contributed by atoms with E-state index >= 15 is 0 Å². The number of halogens is 1. The van der Waals surface area contributed by atoms with Gasteiger partial charge in [-0.3, -0.25) is 4.79 Å². The molecule has 110 valence electrons. The highest BCUT2D eigenvalue weighted by Crippen LogP contribution is 2.30. The lowest BCUT2D eigenvalue weighted by Crippen LogP contribution is -2.19. The van der Waals surface area contributed by atoms with Gasteiger partial charge in [-0.1, -0.05) is 50.6 Å². The van der Waals surface area contributed by atoms with E-state index < -0.39 is 0 Å². The molecule has 0 aromatic heterocycles. The van der Waals surface area contributed by atoms with Gasteiger partial charge in [-0.05, 0) is 35.2 Å². The SMILES string of the molecule is CC(C)(C)c1ccccc1NC(=O)c1ccc(N)cc1Cl. The Hall–Kier alpha value is -2.00. The maximum Gasteiger partial charge on any atom is 0.257 e. The number of rotatable bonds is 2. The zero-order chi connectivity index (χ0) is 15.6. The maximum absolute atomic E-state index is 12.4. The number of carbonyl (C=O) groups excluding carboxylic acids is 1. The summed E-state index contributed by atoms with van der Waals surface area (Å²) in [7, 11) is 0. The van der Waals surface area contributed by atoms with Crippen molar-refractivity contribution in [1.29, 1.82) is 0 Å². The number of nitrogen functional groups attached to an aromatic ring is 1. The van der Waals surface area contributed by atoms with E-state index in [0.717, 1.165) is 11.3 Å². The lowest BCUT2D eigenvalue weighted by atomic mass is 9.86. The predicted molar refractivity (Wildman–Crippen MR) is 89.0 cm³/mol. The van der Waals surface area contributed by atoms with Gasteiger partial charge in [0.2, 0.25) is 0 Å². The second-order valence-electron chi connectivity index (χ2n) is 5.99. The smallest absolute Gasteiger partial charge is 0.257 e. The number of hydrogen-bond donors (Lipinski definition) is 2. The number of benzene rings is 2. The van der Waals surface area contributed by atoms with Crippen molar-refractivity contribution in [3.05, 3.63) is 58.6 Å². The first-order chi connectivity index (χ1) is 9.79. The van der Waals surface area contributed by atoms with Crippen LogP contribution in [-0.2, 0) is 5.41 Å². The summed E-state index contributed by atoms with van der Waals surface area (Å²) in [5.74, 6) is -0.239. The van der Waals surface area contributed by atoms with Crippen LogP contribution in [0.25, 0.3) is 0 Å². The van der Waals surface area contributed by atoms with E-state index in [2.05, 4.69) is 26.1 Å². The first kappa shape index (κ1) is 15.4. The molecule has 0 atom stereocenters. The molecule has 3 nitrogen and oxygen atoms in total. The molecule has 0 fully saturated rings. The van der Waals surface area contributed by atoms with Gasteiger partial charge in [0, 0.05) is 11.4 Å². The molecule has 0 heterocycles. The molecule has 3 N–H and O–H groups in total. The topological polar surface area (TPSA) is 55.1 Å². The van der Waals surface area contributed by atoms with Crippen molar-refractivity contribution >= 4 is 28.9 Å². The highest BCUT2D eigenvalue weighted by atomic mass is 35.5. The summed E-state index contributed by atoms with van der Waals surface area (Å²) < 4.78 is 0. The van der Waals surface area contributed by atoms with Gasteiger partial charge >= 0.3 is 0 Å². The summed E-state index contributed by atoms with van der Waals surface area (Å²) in [5.41, 5.74) is 8.40. The number of para-hydroxylation sites is 1. The lowest BCUT2D eigenvalue weighted by molar-refractivity contribution is 0.102. The average molecular weight is 303 g/mol. The fourth-order valence-corrected chi connectivity index (χ4v) is 2.43. The third kappa shape index (κ3) is 3.56. The largest absolute Gasteiger partial charge is 0.399 e. The van der Waals surface area contributed by atoms with E-state index in [1.54, 1.807) is 18.2 Å². The first-order valence-electron chi connectivity index (χ1n) is 6.75. The molecule has 0 saturated carbocycles. The van der Waals surface area contributed by atoms with Crippen LogP contribution in [0.2, 0.25) is 5.02 Å². The second-order valence-corrected chi connectivity index (χ2v) is 6.40. The van der Waals surface area contributed by atoms with Gasteiger partial charge in [-0.15, -0.1) is 0 Å². The number of hydrogen-bond acceptors (Lipinski definition) is 2. The van der Waals surface area contributed by atoms with Crippen molar-refractivity contribution in [2.75, 3.05) is 11.1 Å². The molecule has 0 saturated heterocycles. The highest BCUT2D eigenvalue weighted by Gasteiger charge is 2.19. The minimum Gasteiger partial charge on any atom is -0.399 e. The Morgan fingerprint density at radius 1 is 1.14 bits per heavy atom. The van der Waals surface area contributed by atoms with Crippen LogP contribution in [0.1, 0.15) is 36.7 Å². The van der Waals surface area contributed by atoms with Crippen LogP contribution in [0, 0.1) is 0 Å². The maximum atomic E-state index is 12.4. The van der Waals surface area contributed by atoms with E-state index in [9.17, 15) is 4.79 Å². The molecule has 2 aromatic rings. The van der Waals surface area contributed by atoms with E-state index in [1.807, 2.05) is 24.3 Å². The van der Waals surface area contributed by atoms with Gasteiger partial charge in [0.15, 0.2) is 0 Å². The third-order valence-electron chi connectivity index (χ3n) is 3.22. The fraction of sp³-hybridized carbons (Fsp3) is 0.235. The number of nitrogens with two attached hydrogens (primary N) is 1. The summed E-state index contributed by atoms with van der Waals surface area (Å²) in [6.07, 6.45) is 0. The zero-order valence-corrected chi connectivity index (χ0v) is 13.2. The molecule has 0 spiro atoms. The van der Waals surface area contributed by atoms with Gasteiger partial charge in [0.25, 0.3) is 5.91 Å². The van der Waals surface area contributed by atoms with Crippen LogP contribution >= 0.6 is 11.6 Å². The van der Waals surface area contributed by atoms with Crippen LogP contribution in [0.3, 0.4) is 0 Å². The molecule has 1 amide bonds. The Morgan fingerprint density at radius 2 is 1.81 bits per heavy atom. The van der Waals surface area contributed by atoms with Gasteiger partial charge in [0.05, 0.1) is 10.6 Å². The Kier molecular flexibility index (Phi) is 4.24. The number of nitrogens with one attached hydrogen (secondary N) is 1. The molecule has 0 aliphatic rings. The van der Waals surface area contributed by atoms with Crippen LogP contribution in [0.5, 0.6) is 0 Å². The van der Waals surface area contributed by atoms with E-state index in [1.165, 1.54) is 0 Å². The van der Waals surface area contributed by atoms with Crippen LogP contribution in [0.4, 0.5) is 11.4 Å². The summed E-state index contributed by atoms with van der Waals surface area (Å²) in [5, 5.41) is 3.28. The predicted octanol–water partition coefficient (Wildman–Crippen LogP) is 4.47. The minimum atomic E-state index is -0.239. The van der Waals surface area contributed by atoms with E-state index in [-0.39, 0.29) is 11.3 Å². The van der Waals surface area contributed by atoms with Gasteiger partial charge in [-0.2, -0.15) is 0 Å². The van der Waals surface area contributed by atoms with Crippen LogP contribution in [0.15, 0.2) is 42.5 Å². The molecule has 0 aliphatic heterocycles. The number of amides is 1. The minimum absolute atomic E-state index is 0.0607. The molecule has 0 unspecified atom stereocenters. The molecule has 0 aliphatic carbocycles. The van der Waals surface area contributed by atoms with Gasteiger partial charge in [0.1, 0.15) is 0 Å². The Bertz CT molecular complexity index is 675. The van der Waals surface area contributed by atoms with Gasteiger partial charge < -0.3 is 11.1 Å². The van der Waals surface area contributed by atoms with Crippen molar-refractivity contribution in [3.63, 3.8) is 0 Å². The van der Waals surface area contributed by atoms with Crippen molar-refractivity contribution in [2.24, 2.45) is 0 Å². The van der Waals surface area contributed by atoms with E-state index in [4.69, 9.17) is 17.3 Å². The summed E-state index contributed by atoms with van der Waals surface area (Å²) in [4.78, 5) is 12.4. The van der Waals surface area contributed by atoms with Crippen molar-refractivity contribution in [1.82, 2.24) is 0 Å². The van der Waals surface area contributed by atoms with Gasteiger partial charge in [-0.25, -0.2) is 0 Å². The first-order valence-corrected chi connectivity index (χ1v) is 7.13. The van der Waals surface area contributed by atoms with Crippen LogP contribution in [-0.4, -0.2) is 5.91 Å². The summed E-state index contributed by atoms with van der Waals surface area (Å²) in [6.45, 7) is 6.32. The summed E-state index contributed by atoms with van der Waals surface area (Å²) >= 11 is 6.08. The standard InChI is InChI=1S/C17H19ClN2O/c1-17(2,3)13-6-4-5-7-15(13)20-16(21)12-9-8-11(19)10-14(12)18/h4-10H,19H2,1-3H3,(H,20,21). The normalized spacial score (nSPS) is 11.2. The average Bonchev–Trinajstić information content (AvgIpc) is 2.37. The van der Waals surface area contributed by atoms with Crippen molar-refractivity contribution < 1.29 is 4.79 Å². The van der Waals surface area contributed by atoms with Crippen molar-refractivity contribution in [2.45, 2.75) is 26.2 Å². The lowest BCUT2D eigenvalue weighted by Gasteiger charge is -2.23. The van der Waals surface area contributed by atoms with E-state index in [0.29, 0.717) is 16.3 Å². The molecule has 0 bridgehead atoms.